The van der Waals surface area contributed by atoms with Crippen molar-refractivity contribution in [3.63, 3.8) is 0 Å². The lowest BCUT2D eigenvalue weighted by Crippen LogP contribution is -2.06. The van der Waals surface area contributed by atoms with Crippen LogP contribution in [0.3, 0.4) is 0 Å². The maximum atomic E-state index is 10.7. The van der Waals surface area contributed by atoms with E-state index in [1.807, 2.05) is 9.47 Å². The molecule has 0 spiro atoms. The number of rotatable bonds is 3. The fourth-order valence-electron chi connectivity index (χ4n) is 0.533. The number of hydrogen-bond acceptors (Lipinski definition) is 3. The van der Waals surface area contributed by atoms with E-state index in [4.69, 9.17) is 5.11 Å². The molecule has 0 saturated carbocycles. The van der Waals surface area contributed by atoms with Gasteiger partial charge < -0.3 is 9.63 Å². The van der Waals surface area contributed by atoms with Crippen molar-refractivity contribution in [1.82, 2.24) is 0 Å². The lowest BCUT2D eigenvalue weighted by Gasteiger charge is -2.02. The van der Waals surface area contributed by atoms with Gasteiger partial charge in [0.2, 0.25) is 0 Å². The minimum atomic E-state index is -1.15. The van der Waals surface area contributed by atoms with Crippen LogP contribution in [0.25, 0.3) is 0 Å². The second-order valence-electron chi connectivity index (χ2n) is 1.93. The van der Waals surface area contributed by atoms with Crippen molar-refractivity contribution in [3.05, 3.63) is 11.3 Å². The highest BCUT2D eigenvalue weighted by molar-refractivity contribution is 7.10. The molecule has 1 atom stereocenters. The molecule has 0 heterocycles. The first-order valence-corrected chi connectivity index (χ1v) is 3.29. The van der Waals surface area contributed by atoms with Gasteiger partial charge in [0.05, 0.1) is 15.0 Å². The number of carbonyl (C=O) groups excluding carboxylic acids is 1. The van der Waals surface area contributed by atoms with Crippen molar-refractivity contribution in [1.29, 1.82) is 0 Å². The predicted octanol–water partition coefficient (Wildman–Crippen LogP) is 0.741. The van der Waals surface area contributed by atoms with Crippen molar-refractivity contribution in [2.24, 2.45) is 0 Å². The topological polar surface area (TPSA) is 63.6 Å². The van der Waals surface area contributed by atoms with Gasteiger partial charge in [-0.1, -0.05) is 0 Å². The Morgan fingerprint density at radius 2 is 1.82 bits per heavy atom. The van der Waals surface area contributed by atoms with Crippen LogP contribution in [-0.4, -0.2) is 16.9 Å². The molecule has 0 fully saturated rings. The van der Waals surface area contributed by atoms with Gasteiger partial charge in [-0.25, -0.2) is 4.79 Å². The van der Waals surface area contributed by atoms with Crippen LogP contribution < -0.4 is 0 Å². The first-order valence-electron chi connectivity index (χ1n) is 2.82. The third-order valence-electron chi connectivity index (χ3n) is 1.10. The Bertz CT molecular complexity index is 219. The van der Waals surface area contributed by atoms with Gasteiger partial charge in [0.25, 0.3) is 0 Å². The van der Waals surface area contributed by atoms with E-state index in [1.165, 1.54) is 13.8 Å². The van der Waals surface area contributed by atoms with Gasteiger partial charge in [-0.3, -0.25) is 4.79 Å². The molecule has 5 heteroatoms. The molecule has 0 rings (SSSR count). The fourth-order valence-corrected chi connectivity index (χ4v) is 0.875. The molecule has 1 N–H and O–H groups in total. The molecule has 0 radical (unpaired) electrons. The van der Waals surface area contributed by atoms with E-state index >= 15 is 0 Å². The zero-order valence-corrected chi connectivity index (χ0v) is 7.40. The van der Waals surface area contributed by atoms with Crippen LogP contribution in [-0.2, 0) is 14.1 Å². The Kier molecular flexibility index (Phi) is 3.76. The summed E-state index contributed by atoms with van der Waals surface area (Å²) in [4.78, 5) is 21.0. The Balaban J connectivity index is 4.83. The van der Waals surface area contributed by atoms with E-state index in [9.17, 15) is 9.59 Å². The van der Waals surface area contributed by atoms with Crippen molar-refractivity contribution in [2.45, 2.75) is 13.8 Å². The highest BCUT2D eigenvalue weighted by Gasteiger charge is 2.13. The quantitative estimate of drug-likeness (QED) is 0.391. The van der Waals surface area contributed by atoms with Gasteiger partial charge in [0.15, 0.2) is 11.5 Å². The number of carboxylic acid groups (broad SMARTS) is 1. The Hall–Kier alpha value is -0.890. The van der Waals surface area contributed by atoms with E-state index in [-0.39, 0.29) is 11.3 Å². The average molecular weight is 176 g/mol. The summed E-state index contributed by atoms with van der Waals surface area (Å²) in [5.74, 6) is -1.69. The summed E-state index contributed by atoms with van der Waals surface area (Å²) in [5, 5.41) is 8.43. The summed E-state index contributed by atoms with van der Waals surface area (Å²) in [6, 6.07) is 0. The number of carbonyl (C=O) groups is 2. The normalized spacial score (nSPS) is 11.9. The highest BCUT2D eigenvalue weighted by atomic mass is 31.0. The maximum Gasteiger partial charge on any atom is 0.335 e. The summed E-state index contributed by atoms with van der Waals surface area (Å²) in [7, 11) is 1.83. The molecular formula is C6H9O4P. The summed E-state index contributed by atoms with van der Waals surface area (Å²) < 4.78 is 4.50. The molecule has 0 aliphatic rings. The van der Waals surface area contributed by atoms with Gasteiger partial charge in [0, 0.05) is 6.92 Å². The van der Waals surface area contributed by atoms with E-state index in [2.05, 4.69) is 4.52 Å². The molecular weight excluding hydrogens is 167 g/mol. The van der Waals surface area contributed by atoms with E-state index in [0.717, 1.165) is 0 Å². The number of ketones is 1. The van der Waals surface area contributed by atoms with Crippen LogP contribution in [0.15, 0.2) is 11.3 Å². The molecule has 0 aliphatic heterocycles. The number of hydrogen-bond donors (Lipinski definition) is 1. The standard InChI is InChI=1S/C6H9O4P/c1-3(6(8)9)5(10-11)4(2)7/h11H2,1-2H3,(H,8,9)/b5-3-. The second-order valence-corrected chi connectivity index (χ2v) is 2.17. The molecule has 0 aliphatic carbocycles. The molecule has 0 amide bonds. The smallest absolute Gasteiger partial charge is 0.335 e. The molecule has 0 saturated heterocycles. The number of carboxylic acids is 1. The predicted molar refractivity (Wildman–Crippen MR) is 41.8 cm³/mol. The Morgan fingerprint density at radius 3 is 1.91 bits per heavy atom. The van der Waals surface area contributed by atoms with Gasteiger partial charge in [0.1, 0.15) is 0 Å². The minimum absolute atomic E-state index is 0.0903. The van der Waals surface area contributed by atoms with Crippen molar-refractivity contribution in [2.75, 3.05) is 0 Å². The molecule has 4 nitrogen and oxygen atoms in total. The number of allylic oxidation sites excluding steroid dienone is 1. The van der Waals surface area contributed by atoms with Crippen molar-refractivity contribution >= 4 is 21.2 Å². The summed E-state index contributed by atoms with van der Waals surface area (Å²) in [6.07, 6.45) is 0. The largest absolute Gasteiger partial charge is 0.478 e. The second kappa shape index (κ2) is 4.09. The van der Waals surface area contributed by atoms with E-state index < -0.39 is 11.8 Å². The van der Waals surface area contributed by atoms with Crippen LogP contribution in [0.4, 0.5) is 0 Å². The van der Waals surface area contributed by atoms with Gasteiger partial charge in [-0.15, -0.1) is 0 Å². The minimum Gasteiger partial charge on any atom is -0.478 e. The van der Waals surface area contributed by atoms with Crippen molar-refractivity contribution in [3.8, 4) is 0 Å². The van der Waals surface area contributed by atoms with Crippen molar-refractivity contribution < 1.29 is 19.2 Å². The Morgan fingerprint density at radius 1 is 1.36 bits per heavy atom. The first-order chi connectivity index (χ1) is 5.00. The molecule has 0 bridgehead atoms. The third-order valence-corrected chi connectivity index (χ3v) is 1.33. The average Bonchev–Trinajstić information content (AvgIpc) is 1.88. The third kappa shape index (κ3) is 2.68. The summed E-state index contributed by atoms with van der Waals surface area (Å²) >= 11 is 0. The van der Waals surface area contributed by atoms with Gasteiger partial charge >= 0.3 is 5.97 Å². The molecule has 62 valence electrons. The molecule has 0 aromatic rings. The zero-order valence-electron chi connectivity index (χ0n) is 6.25. The molecule has 1 unspecified atom stereocenters. The summed E-state index contributed by atoms with van der Waals surface area (Å²) in [5.41, 5.74) is -0.0903. The molecule has 11 heavy (non-hydrogen) atoms. The first kappa shape index (κ1) is 10.1. The highest BCUT2D eigenvalue weighted by Crippen LogP contribution is 2.10. The number of aliphatic carboxylic acids is 1. The molecule has 0 aromatic heterocycles. The monoisotopic (exact) mass is 176 g/mol. The fraction of sp³-hybridized carbons (Fsp3) is 0.333. The SMILES string of the molecule is CC(=O)/C(OP)=C(\C)C(=O)O. The van der Waals surface area contributed by atoms with Crippen LogP contribution in [0.2, 0.25) is 0 Å². The van der Waals surface area contributed by atoms with E-state index in [0.29, 0.717) is 0 Å². The van der Waals surface area contributed by atoms with Gasteiger partial charge in [-0.2, -0.15) is 0 Å². The van der Waals surface area contributed by atoms with Crippen LogP contribution in [0, 0.1) is 0 Å². The van der Waals surface area contributed by atoms with Crippen LogP contribution in [0.1, 0.15) is 13.8 Å². The zero-order chi connectivity index (χ0) is 9.02. The Labute approximate surface area is 66.5 Å². The van der Waals surface area contributed by atoms with Gasteiger partial charge in [-0.05, 0) is 6.92 Å². The number of Topliss-reactive ketones (excluding diaryl/α,β-unsaturated/α-hetero) is 1. The summed E-state index contributed by atoms with van der Waals surface area (Å²) in [6.45, 7) is 2.55. The lowest BCUT2D eigenvalue weighted by molar-refractivity contribution is -0.133. The van der Waals surface area contributed by atoms with Crippen LogP contribution >= 0.6 is 9.47 Å². The maximum absolute atomic E-state index is 10.7. The lowest BCUT2D eigenvalue weighted by atomic mass is 10.2. The van der Waals surface area contributed by atoms with Crippen LogP contribution in [0.5, 0.6) is 0 Å². The van der Waals surface area contributed by atoms with E-state index in [1.54, 1.807) is 0 Å². The molecule has 0 aromatic carbocycles.